The number of amides is 1. The molecule has 2 aromatic rings. The van der Waals surface area contributed by atoms with E-state index in [4.69, 9.17) is 27.9 Å². The monoisotopic (exact) mass is 312 g/mol. The lowest BCUT2D eigenvalue weighted by Crippen LogP contribution is -2.23. The average molecular weight is 313 g/mol. The number of carbonyl (C=O) groups is 1. The number of methoxy groups -OCH3 is 1. The number of nitrogens with zero attached hydrogens (tertiary/aromatic N) is 1. The van der Waals surface area contributed by atoms with Gasteiger partial charge < -0.3 is 14.6 Å². The van der Waals surface area contributed by atoms with Gasteiger partial charge in [0.05, 0.1) is 17.2 Å². The van der Waals surface area contributed by atoms with Gasteiger partial charge in [-0.05, 0) is 23.8 Å². The summed E-state index contributed by atoms with van der Waals surface area (Å²) in [6, 6.07) is 5.09. The van der Waals surface area contributed by atoms with Crippen LogP contribution in [0, 0.1) is 0 Å². The van der Waals surface area contributed by atoms with Crippen LogP contribution in [-0.2, 0) is 13.6 Å². The van der Waals surface area contributed by atoms with Gasteiger partial charge in [0.1, 0.15) is 5.56 Å². The number of benzene rings is 1. The summed E-state index contributed by atoms with van der Waals surface area (Å²) in [6.07, 6.45) is 3.84. The van der Waals surface area contributed by atoms with E-state index in [1.165, 1.54) is 7.11 Å². The molecular formula is C14H14Cl2N2O2. The number of halogens is 2. The molecule has 0 radical (unpaired) electrons. The van der Waals surface area contributed by atoms with Gasteiger partial charge in [0, 0.05) is 26.0 Å². The SMILES string of the molecule is COc1c(Cl)ccc(Cl)c1C(=O)NCc1ccn(C)c1. The summed E-state index contributed by atoms with van der Waals surface area (Å²) < 4.78 is 7.06. The summed E-state index contributed by atoms with van der Waals surface area (Å²) in [7, 11) is 3.37. The first-order chi connectivity index (χ1) is 9.52. The van der Waals surface area contributed by atoms with Crippen molar-refractivity contribution in [1.82, 2.24) is 9.88 Å². The average Bonchev–Trinajstić information content (AvgIpc) is 2.84. The van der Waals surface area contributed by atoms with Crippen molar-refractivity contribution in [3.05, 3.63) is 51.8 Å². The molecule has 6 heteroatoms. The van der Waals surface area contributed by atoms with Gasteiger partial charge in [0.25, 0.3) is 5.91 Å². The van der Waals surface area contributed by atoms with Gasteiger partial charge in [0.15, 0.2) is 5.75 Å². The fraction of sp³-hybridized carbons (Fsp3) is 0.214. The van der Waals surface area contributed by atoms with Gasteiger partial charge in [-0.2, -0.15) is 0 Å². The molecule has 0 bridgehead atoms. The molecule has 0 fully saturated rings. The van der Waals surface area contributed by atoms with Gasteiger partial charge in [-0.1, -0.05) is 23.2 Å². The van der Waals surface area contributed by atoms with Crippen molar-refractivity contribution >= 4 is 29.1 Å². The first kappa shape index (κ1) is 14.8. The van der Waals surface area contributed by atoms with E-state index < -0.39 is 0 Å². The lowest BCUT2D eigenvalue weighted by atomic mass is 10.1. The van der Waals surface area contributed by atoms with Crippen LogP contribution in [0.1, 0.15) is 15.9 Å². The zero-order valence-corrected chi connectivity index (χ0v) is 12.6. The minimum atomic E-state index is -0.321. The molecule has 2 rings (SSSR count). The zero-order chi connectivity index (χ0) is 14.7. The minimum absolute atomic E-state index is 0.248. The van der Waals surface area contributed by atoms with Crippen LogP contribution in [-0.4, -0.2) is 17.6 Å². The van der Waals surface area contributed by atoms with Crippen molar-refractivity contribution in [2.75, 3.05) is 7.11 Å². The maximum Gasteiger partial charge on any atom is 0.256 e. The lowest BCUT2D eigenvalue weighted by Gasteiger charge is -2.12. The van der Waals surface area contributed by atoms with Gasteiger partial charge in [-0.3, -0.25) is 4.79 Å². The molecule has 0 unspecified atom stereocenters. The third-order valence-electron chi connectivity index (χ3n) is 2.84. The first-order valence-corrected chi connectivity index (χ1v) is 6.69. The number of nitrogens with one attached hydrogen (secondary N) is 1. The number of carbonyl (C=O) groups excluding carboxylic acids is 1. The van der Waals surface area contributed by atoms with Crippen LogP contribution >= 0.6 is 23.2 Å². The Morgan fingerprint density at radius 1 is 1.30 bits per heavy atom. The molecule has 1 aromatic heterocycles. The van der Waals surface area contributed by atoms with Crippen LogP contribution in [0.2, 0.25) is 10.0 Å². The molecular weight excluding hydrogens is 299 g/mol. The predicted octanol–water partition coefficient (Wildman–Crippen LogP) is 3.27. The molecule has 0 aliphatic carbocycles. The number of aromatic nitrogens is 1. The van der Waals surface area contributed by atoms with Crippen LogP contribution < -0.4 is 10.1 Å². The molecule has 0 saturated carbocycles. The summed E-state index contributed by atoms with van der Waals surface area (Å²) in [5.41, 5.74) is 1.25. The highest BCUT2D eigenvalue weighted by molar-refractivity contribution is 6.37. The normalized spacial score (nSPS) is 10.4. The molecule has 1 amide bonds. The summed E-state index contributed by atoms with van der Waals surface area (Å²) in [4.78, 5) is 12.2. The van der Waals surface area contributed by atoms with Crippen LogP contribution in [0.5, 0.6) is 5.75 Å². The van der Waals surface area contributed by atoms with Crippen molar-refractivity contribution in [3.8, 4) is 5.75 Å². The topological polar surface area (TPSA) is 43.3 Å². The van der Waals surface area contributed by atoms with E-state index in [0.717, 1.165) is 5.56 Å². The van der Waals surface area contributed by atoms with Crippen molar-refractivity contribution in [2.45, 2.75) is 6.54 Å². The Morgan fingerprint density at radius 2 is 2.00 bits per heavy atom. The molecule has 4 nitrogen and oxygen atoms in total. The number of hydrogen-bond acceptors (Lipinski definition) is 2. The molecule has 0 saturated heterocycles. The molecule has 0 spiro atoms. The first-order valence-electron chi connectivity index (χ1n) is 5.94. The lowest BCUT2D eigenvalue weighted by molar-refractivity contribution is 0.0948. The number of hydrogen-bond donors (Lipinski definition) is 1. The Morgan fingerprint density at radius 3 is 2.60 bits per heavy atom. The molecule has 1 N–H and O–H groups in total. The molecule has 1 heterocycles. The summed E-state index contributed by atoms with van der Waals surface area (Å²) in [5.74, 6) is -0.0390. The van der Waals surface area contributed by atoms with E-state index in [1.54, 1.807) is 12.1 Å². The Bertz CT molecular complexity index is 638. The molecule has 20 heavy (non-hydrogen) atoms. The van der Waals surface area contributed by atoms with E-state index in [2.05, 4.69) is 5.32 Å². The molecule has 0 aliphatic rings. The number of aryl methyl sites for hydroxylation is 1. The Balaban J connectivity index is 2.19. The maximum atomic E-state index is 12.2. The van der Waals surface area contributed by atoms with Crippen LogP contribution in [0.15, 0.2) is 30.6 Å². The minimum Gasteiger partial charge on any atom is -0.494 e. The van der Waals surface area contributed by atoms with E-state index in [0.29, 0.717) is 16.6 Å². The van der Waals surface area contributed by atoms with E-state index >= 15 is 0 Å². The molecule has 1 aromatic carbocycles. The standard InChI is InChI=1S/C14H14Cl2N2O2/c1-18-6-5-9(8-18)7-17-14(19)12-10(15)3-4-11(16)13(12)20-2/h3-6,8H,7H2,1-2H3,(H,17,19). The fourth-order valence-corrected chi connectivity index (χ4v) is 2.35. The largest absolute Gasteiger partial charge is 0.494 e. The smallest absolute Gasteiger partial charge is 0.256 e. The molecule has 0 aliphatic heterocycles. The molecule has 106 valence electrons. The van der Waals surface area contributed by atoms with Crippen molar-refractivity contribution in [3.63, 3.8) is 0 Å². The third-order valence-corrected chi connectivity index (χ3v) is 3.45. The highest BCUT2D eigenvalue weighted by Gasteiger charge is 2.19. The number of ether oxygens (including phenoxy) is 1. The van der Waals surface area contributed by atoms with Crippen LogP contribution in [0.3, 0.4) is 0 Å². The Hall–Kier alpha value is -1.65. The Labute approximate surface area is 127 Å². The second-order valence-electron chi connectivity index (χ2n) is 4.31. The van der Waals surface area contributed by atoms with Gasteiger partial charge in [-0.15, -0.1) is 0 Å². The summed E-state index contributed by atoms with van der Waals surface area (Å²) >= 11 is 12.1. The fourth-order valence-electron chi connectivity index (χ4n) is 1.88. The van der Waals surface area contributed by atoms with Crippen molar-refractivity contribution in [2.24, 2.45) is 7.05 Å². The highest BCUT2D eigenvalue weighted by Crippen LogP contribution is 2.33. The van der Waals surface area contributed by atoms with Gasteiger partial charge in [-0.25, -0.2) is 0 Å². The van der Waals surface area contributed by atoms with Crippen LogP contribution in [0.4, 0.5) is 0 Å². The summed E-state index contributed by atoms with van der Waals surface area (Å²) in [6.45, 7) is 0.408. The van der Waals surface area contributed by atoms with Gasteiger partial charge >= 0.3 is 0 Å². The van der Waals surface area contributed by atoms with Crippen molar-refractivity contribution in [1.29, 1.82) is 0 Å². The zero-order valence-electron chi connectivity index (χ0n) is 11.1. The second kappa shape index (κ2) is 6.20. The highest BCUT2D eigenvalue weighted by atomic mass is 35.5. The maximum absolute atomic E-state index is 12.2. The van der Waals surface area contributed by atoms with E-state index in [1.807, 2.05) is 30.1 Å². The Kier molecular flexibility index (Phi) is 4.57. The second-order valence-corrected chi connectivity index (χ2v) is 5.12. The third kappa shape index (κ3) is 3.08. The van der Waals surface area contributed by atoms with Crippen LogP contribution in [0.25, 0.3) is 0 Å². The quantitative estimate of drug-likeness (QED) is 0.941. The van der Waals surface area contributed by atoms with E-state index in [-0.39, 0.29) is 17.2 Å². The van der Waals surface area contributed by atoms with Gasteiger partial charge in [0.2, 0.25) is 0 Å². The summed E-state index contributed by atoms with van der Waals surface area (Å²) in [5, 5.41) is 3.45. The van der Waals surface area contributed by atoms with Crippen molar-refractivity contribution < 1.29 is 9.53 Å². The van der Waals surface area contributed by atoms with E-state index in [9.17, 15) is 4.79 Å². The predicted molar refractivity (Wildman–Crippen MR) is 79.6 cm³/mol. The molecule has 0 atom stereocenters. The number of rotatable bonds is 4.